The third-order valence-electron chi connectivity index (χ3n) is 6.56. The van der Waals surface area contributed by atoms with Crippen molar-refractivity contribution in [2.75, 3.05) is 13.1 Å². The number of imide groups is 1. The van der Waals surface area contributed by atoms with Crippen molar-refractivity contribution < 1.29 is 24.2 Å². The molecule has 3 atom stereocenters. The van der Waals surface area contributed by atoms with Crippen molar-refractivity contribution >= 4 is 17.7 Å². The highest BCUT2D eigenvalue weighted by Gasteiger charge is 2.41. The van der Waals surface area contributed by atoms with Gasteiger partial charge in [-0.1, -0.05) is 0 Å². The number of carbonyl (C=O) groups is 3. The molecule has 0 spiro atoms. The van der Waals surface area contributed by atoms with Crippen molar-refractivity contribution in [2.45, 2.75) is 62.9 Å². The number of aliphatic hydroxyl groups is 1. The van der Waals surface area contributed by atoms with Crippen LogP contribution in [0.3, 0.4) is 0 Å². The van der Waals surface area contributed by atoms with Crippen molar-refractivity contribution in [3.63, 3.8) is 0 Å². The highest BCUT2D eigenvalue weighted by molar-refractivity contribution is 6.05. The minimum Gasteiger partial charge on any atom is -0.489 e. The molecule has 1 aromatic rings. The van der Waals surface area contributed by atoms with Crippen LogP contribution in [0.15, 0.2) is 18.2 Å². The largest absolute Gasteiger partial charge is 0.489 e. The second-order valence-electron chi connectivity index (χ2n) is 8.48. The van der Waals surface area contributed by atoms with Gasteiger partial charge >= 0.3 is 0 Å². The van der Waals surface area contributed by atoms with Gasteiger partial charge in [0.1, 0.15) is 17.9 Å². The number of hydrogen-bond donors (Lipinski definition) is 2. The van der Waals surface area contributed by atoms with Gasteiger partial charge in [0.2, 0.25) is 11.8 Å². The van der Waals surface area contributed by atoms with E-state index in [4.69, 9.17) is 4.74 Å². The molecule has 3 aliphatic heterocycles. The number of fused-ring (bicyclic) bond motifs is 1. The Morgan fingerprint density at radius 2 is 1.93 bits per heavy atom. The monoisotopic (exact) mass is 399 g/mol. The van der Waals surface area contributed by atoms with E-state index in [-0.39, 0.29) is 30.4 Å². The third-order valence-corrected chi connectivity index (χ3v) is 6.56. The number of piperidine rings is 1. The Hall–Kier alpha value is -2.45. The minimum atomic E-state index is -0.603. The van der Waals surface area contributed by atoms with E-state index >= 15 is 0 Å². The average molecular weight is 399 g/mol. The first-order valence-corrected chi connectivity index (χ1v) is 10.4. The fourth-order valence-corrected chi connectivity index (χ4v) is 5.02. The lowest BCUT2D eigenvalue weighted by molar-refractivity contribution is -0.136. The van der Waals surface area contributed by atoms with E-state index in [1.807, 2.05) is 12.1 Å². The Bertz CT molecular complexity index is 866. The number of benzene rings is 1. The summed E-state index contributed by atoms with van der Waals surface area (Å²) in [6.07, 6.45) is 3.64. The topological polar surface area (TPSA) is 99.2 Å². The van der Waals surface area contributed by atoms with Gasteiger partial charge in [0, 0.05) is 37.7 Å². The van der Waals surface area contributed by atoms with Gasteiger partial charge in [0.15, 0.2) is 0 Å². The number of amides is 3. The molecular formula is C21H25N3O5. The van der Waals surface area contributed by atoms with E-state index in [1.165, 1.54) is 0 Å². The Balaban J connectivity index is 1.29. The summed E-state index contributed by atoms with van der Waals surface area (Å²) in [6, 6.07) is 5.23. The summed E-state index contributed by atoms with van der Waals surface area (Å²) in [5, 5.41) is 11.9. The molecule has 3 fully saturated rings. The highest BCUT2D eigenvalue weighted by Crippen LogP contribution is 2.34. The lowest BCUT2D eigenvalue weighted by Crippen LogP contribution is -2.58. The zero-order valence-corrected chi connectivity index (χ0v) is 16.2. The van der Waals surface area contributed by atoms with Crippen LogP contribution in [0.2, 0.25) is 0 Å². The molecule has 1 aromatic carbocycles. The Morgan fingerprint density at radius 1 is 1.10 bits per heavy atom. The molecule has 3 amide bonds. The second-order valence-corrected chi connectivity index (χ2v) is 8.48. The van der Waals surface area contributed by atoms with E-state index in [0.717, 1.165) is 30.6 Å². The number of ether oxygens (including phenoxy) is 1. The molecule has 0 aromatic heterocycles. The summed E-state index contributed by atoms with van der Waals surface area (Å²) in [4.78, 5) is 40.2. The maximum atomic E-state index is 12.8. The Kier molecular flexibility index (Phi) is 4.55. The van der Waals surface area contributed by atoms with Gasteiger partial charge in [0.25, 0.3) is 5.91 Å². The molecule has 29 heavy (non-hydrogen) atoms. The molecule has 2 N–H and O–H groups in total. The van der Waals surface area contributed by atoms with Gasteiger partial charge in [-0.3, -0.25) is 24.6 Å². The lowest BCUT2D eigenvalue weighted by Gasteiger charge is -2.42. The van der Waals surface area contributed by atoms with Crippen LogP contribution in [0.25, 0.3) is 0 Å². The number of β-amino-alcohol motifs (C(OH)–C–C–N with tert-alkyl or cyclic N) is 1. The molecule has 0 radical (unpaired) electrons. The van der Waals surface area contributed by atoms with Crippen LogP contribution in [-0.4, -0.2) is 70.0 Å². The van der Waals surface area contributed by atoms with Gasteiger partial charge in [0.05, 0.1) is 6.10 Å². The molecule has 154 valence electrons. The van der Waals surface area contributed by atoms with E-state index in [9.17, 15) is 19.5 Å². The SMILES string of the molecule is O=C1CCC(N2Cc3cc(OC4CCCC4N4CC(O)C4)ccc3C2=O)C(=O)N1. The first kappa shape index (κ1) is 18.6. The first-order valence-electron chi connectivity index (χ1n) is 10.4. The van der Waals surface area contributed by atoms with Gasteiger partial charge in [-0.05, 0) is 49.4 Å². The van der Waals surface area contributed by atoms with Crippen LogP contribution in [0, 0.1) is 0 Å². The van der Waals surface area contributed by atoms with E-state index in [1.54, 1.807) is 11.0 Å². The van der Waals surface area contributed by atoms with Crippen molar-refractivity contribution in [1.82, 2.24) is 15.1 Å². The Labute approximate surface area is 168 Å². The molecule has 3 heterocycles. The molecule has 4 aliphatic rings. The summed E-state index contributed by atoms with van der Waals surface area (Å²) in [6.45, 7) is 1.78. The van der Waals surface area contributed by atoms with Gasteiger partial charge < -0.3 is 14.7 Å². The maximum absolute atomic E-state index is 12.8. The number of carbonyl (C=O) groups excluding carboxylic acids is 3. The maximum Gasteiger partial charge on any atom is 0.255 e. The summed E-state index contributed by atoms with van der Waals surface area (Å²) in [7, 11) is 0. The van der Waals surface area contributed by atoms with Gasteiger partial charge in [-0.2, -0.15) is 0 Å². The molecule has 5 rings (SSSR count). The van der Waals surface area contributed by atoms with Crippen LogP contribution < -0.4 is 10.1 Å². The molecule has 1 saturated carbocycles. The van der Waals surface area contributed by atoms with Crippen molar-refractivity contribution in [3.05, 3.63) is 29.3 Å². The van der Waals surface area contributed by atoms with Crippen molar-refractivity contribution in [2.24, 2.45) is 0 Å². The van der Waals surface area contributed by atoms with Crippen molar-refractivity contribution in [3.8, 4) is 5.75 Å². The fourth-order valence-electron chi connectivity index (χ4n) is 5.02. The molecule has 1 aliphatic carbocycles. The third kappa shape index (κ3) is 3.30. The van der Waals surface area contributed by atoms with E-state index in [0.29, 0.717) is 37.7 Å². The summed E-state index contributed by atoms with van der Waals surface area (Å²) in [5.74, 6) is -0.120. The van der Waals surface area contributed by atoms with E-state index in [2.05, 4.69) is 10.2 Å². The molecule has 0 bridgehead atoms. The summed E-state index contributed by atoms with van der Waals surface area (Å²) < 4.78 is 6.28. The standard InChI is InChI=1S/C21H25N3O5/c25-13-10-23(11-13)16-2-1-3-18(16)29-14-4-5-15-12(8-14)9-24(21(15)28)17-6-7-19(26)22-20(17)27/h4-5,8,13,16-18,25H,1-3,6-7,9-11H2,(H,22,26,27). The number of likely N-dealkylation sites (tertiary alicyclic amines) is 1. The zero-order chi connectivity index (χ0) is 20.1. The predicted octanol–water partition coefficient (Wildman–Crippen LogP) is 0.424. The molecule has 8 heteroatoms. The number of nitrogens with one attached hydrogen (secondary N) is 1. The first-order chi connectivity index (χ1) is 14.0. The molecule has 2 saturated heterocycles. The predicted molar refractivity (Wildman–Crippen MR) is 102 cm³/mol. The van der Waals surface area contributed by atoms with Gasteiger partial charge in [-0.25, -0.2) is 0 Å². The fraction of sp³-hybridized carbons (Fsp3) is 0.571. The molecule has 3 unspecified atom stereocenters. The Morgan fingerprint density at radius 3 is 2.69 bits per heavy atom. The van der Waals surface area contributed by atoms with Crippen LogP contribution in [0.4, 0.5) is 0 Å². The van der Waals surface area contributed by atoms with Crippen LogP contribution >= 0.6 is 0 Å². The lowest BCUT2D eigenvalue weighted by atomic mass is 10.0. The van der Waals surface area contributed by atoms with Crippen LogP contribution in [0.1, 0.15) is 48.0 Å². The van der Waals surface area contributed by atoms with E-state index < -0.39 is 11.9 Å². The quantitative estimate of drug-likeness (QED) is 0.712. The zero-order valence-electron chi connectivity index (χ0n) is 16.2. The number of aliphatic hydroxyl groups excluding tert-OH is 1. The van der Waals surface area contributed by atoms with Crippen molar-refractivity contribution in [1.29, 1.82) is 0 Å². The van der Waals surface area contributed by atoms with Crippen LogP contribution in [-0.2, 0) is 16.1 Å². The number of nitrogens with zero attached hydrogens (tertiary/aromatic N) is 2. The molecular weight excluding hydrogens is 374 g/mol. The number of hydrogen-bond acceptors (Lipinski definition) is 6. The average Bonchev–Trinajstić information content (AvgIpc) is 3.24. The summed E-state index contributed by atoms with van der Waals surface area (Å²) in [5.41, 5.74) is 1.45. The van der Waals surface area contributed by atoms with Crippen LogP contribution in [0.5, 0.6) is 5.75 Å². The highest BCUT2D eigenvalue weighted by atomic mass is 16.5. The smallest absolute Gasteiger partial charge is 0.255 e. The second kappa shape index (κ2) is 7.11. The minimum absolute atomic E-state index is 0.0869. The van der Waals surface area contributed by atoms with Gasteiger partial charge in [-0.15, -0.1) is 0 Å². The summed E-state index contributed by atoms with van der Waals surface area (Å²) >= 11 is 0. The number of rotatable bonds is 4. The molecule has 8 nitrogen and oxygen atoms in total. The normalized spacial score (nSPS) is 30.3.